The Bertz CT molecular complexity index is 375. The predicted molar refractivity (Wildman–Crippen MR) is 76.0 cm³/mol. The van der Waals surface area contributed by atoms with Crippen LogP contribution in [0.4, 0.5) is 0 Å². The lowest BCUT2D eigenvalue weighted by molar-refractivity contribution is 0.128. The minimum Gasteiger partial charge on any atom is -0.490 e. The summed E-state index contributed by atoms with van der Waals surface area (Å²) in [6.07, 6.45) is 3.76. The molecule has 2 heteroatoms. The second kappa shape index (κ2) is 6.24. The van der Waals surface area contributed by atoms with Crippen molar-refractivity contribution in [1.29, 1.82) is 0 Å². The zero-order valence-electron chi connectivity index (χ0n) is 11.8. The van der Waals surface area contributed by atoms with Crippen LogP contribution in [0.15, 0.2) is 24.3 Å². The Balaban J connectivity index is 2.13. The molecular formula is C16H25NO. The van der Waals surface area contributed by atoms with Crippen LogP contribution in [0.25, 0.3) is 0 Å². The van der Waals surface area contributed by atoms with Crippen LogP contribution >= 0.6 is 0 Å². The van der Waals surface area contributed by atoms with Crippen molar-refractivity contribution in [3.8, 4) is 5.75 Å². The number of hydrogen-bond donors (Lipinski definition) is 1. The molecule has 1 aromatic carbocycles. The number of rotatable bonds is 5. The summed E-state index contributed by atoms with van der Waals surface area (Å²) < 4.78 is 6.11. The van der Waals surface area contributed by atoms with Gasteiger partial charge in [0.1, 0.15) is 11.9 Å². The maximum atomic E-state index is 6.11. The smallest absolute Gasteiger partial charge is 0.124 e. The Hall–Kier alpha value is -1.02. The van der Waals surface area contributed by atoms with Crippen molar-refractivity contribution < 1.29 is 4.74 Å². The molecule has 0 fully saturated rings. The number of para-hydroxylation sites is 1. The van der Waals surface area contributed by atoms with Gasteiger partial charge in [0, 0.05) is 18.0 Å². The van der Waals surface area contributed by atoms with Gasteiger partial charge in [-0.2, -0.15) is 0 Å². The molecule has 2 atom stereocenters. The highest BCUT2D eigenvalue weighted by Crippen LogP contribution is 2.36. The summed E-state index contributed by atoms with van der Waals surface area (Å²) in [7, 11) is 0. The first-order valence-corrected chi connectivity index (χ1v) is 7.19. The van der Waals surface area contributed by atoms with Crippen LogP contribution < -0.4 is 10.1 Å². The molecule has 1 aliphatic rings. The van der Waals surface area contributed by atoms with Crippen molar-refractivity contribution in [2.75, 3.05) is 6.54 Å². The molecule has 2 rings (SSSR count). The molecule has 0 amide bonds. The van der Waals surface area contributed by atoms with Crippen molar-refractivity contribution in [3.63, 3.8) is 0 Å². The van der Waals surface area contributed by atoms with E-state index in [1.54, 1.807) is 0 Å². The third-order valence-corrected chi connectivity index (χ3v) is 3.46. The maximum Gasteiger partial charge on any atom is 0.124 e. The van der Waals surface area contributed by atoms with E-state index in [0.717, 1.165) is 25.1 Å². The number of ether oxygens (including phenoxy) is 1. The summed E-state index contributed by atoms with van der Waals surface area (Å²) in [6.45, 7) is 7.81. The molecule has 1 aliphatic heterocycles. The molecule has 0 saturated carbocycles. The van der Waals surface area contributed by atoms with E-state index in [-0.39, 0.29) is 0 Å². The number of hydrogen-bond acceptors (Lipinski definition) is 2. The first-order chi connectivity index (χ1) is 8.70. The average Bonchev–Trinajstić information content (AvgIpc) is 2.35. The molecule has 1 aromatic rings. The summed E-state index contributed by atoms with van der Waals surface area (Å²) >= 11 is 0. The standard InChI is InChI=1S/C16H25NO/c1-4-9-17-15-11-13(10-12(2)3)18-16-8-6-5-7-14(15)16/h5-8,12-13,15,17H,4,9-11H2,1-3H3. The maximum absolute atomic E-state index is 6.11. The van der Waals surface area contributed by atoms with Crippen LogP contribution in [-0.4, -0.2) is 12.6 Å². The van der Waals surface area contributed by atoms with Gasteiger partial charge in [0.2, 0.25) is 0 Å². The first-order valence-electron chi connectivity index (χ1n) is 7.19. The molecule has 0 aliphatic carbocycles. The monoisotopic (exact) mass is 247 g/mol. The number of benzene rings is 1. The molecule has 0 saturated heterocycles. The van der Waals surface area contributed by atoms with Crippen molar-refractivity contribution >= 4 is 0 Å². The summed E-state index contributed by atoms with van der Waals surface area (Å²) in [6, 6.07) is 8.91. The molecule has 0 spiro atoms. The third kappa shape index (κ3) is 3.26. The average molecular weight is 247 g/mol. The lowest BCUT2D eigenvalue weighted by atomic mass is 9.92. The van der Waals surface area contributed by atoms with E-state index in [4.69, 9.17) is 4.74 Å². The van der Waals surface area contributed by atoms with Gasteiger partial charge in [-0.25, -0.2) is 0 Å². The third-order valence-electron chi connectivity index (χ3n) is 3.46. The van der Waals surface area contributed by atoms with Gasteiger partial charge in [-0.15, -0.1) is 0 Å². The summed E-state index contributed by atoms with van der Waals surface area (Å²) in [5.74, 6) is 1.76. The summed E-state index contributed by atoms with van der Waals surface area (Å²) in [5, 5.41) is 3.65. The Morgan fingerprint density at radius 3 is 2.83 bits per heavy atom. The van der Waals surface area contributed by atoms with E-state index in [1.807, 2.05) is 0 Å². The SMILES string of the molecule is CCCNC1CC(CC(C)C)Oc2ccccc21. The van der Waals surface area contributed by atoms with Crippen molar-refractivity contribution in [3.05, 3.63) is 29.8 Å². The highest BCUT2D eigenvalue weighted by Gasteiger charge is 2.27. The number of fused-ring (bicyclic) bond motifs is 1. The fraction of sp³-hybridized carbons (Fsp3) is 0.625. The van der Waals surface area contributed by atoms with E-state index >= 15 is 0 Å². The van der Waals surface area contributed by atoms with Crippen LogP contribution in [0.2, 0.25) is 0 Å². The van der Waals surface area contributed by atoms with E-state index in [0.29, 0.717) is 18.1 Å². The first kappa shape index (κ1) is 13.4. The van der Waals surface area contributed by atoms with Gasteiger partial charge in [0.05, 0.1) is 0 Å². The lowest BCUT2D eigenvalue weighted by Gasteiger charge is -2.33. The topological polar surface area (TPSA) is 21.3 Å². The molecule has 1 heterocycles. The van der Waals surface area contributed by atoms with Crippen LogP contribution in [0.1, 0.15) is 51.6 Å². The minimum absolute atomic E-state index is 0.356. The Labute approximate surface area is 111 Å². The molecular weight excluding hydrogens is 222 g/mol. The van der Waals surface area contributed by atoms with Gasteiger partial charge in [-0.05, 0) is 31.4 Å². The highest BCUT2D eigenvalue weighted by atomic mass is 16.5. The van der Waals surface area contributed by atoms with Crippen LogP contribution in [0.3, 0.4) is 0 Å². The zero-order chi connectivity index (χ0) is 13.0. The quantitative estimate of drug-likeness (QED) is 0.851. The molecule has 0 bridgehead atoms. The van der Waals surface area contributed by atoms with E-state index in [2.05, 4.69) is 50.4 Å². The second-order valence-corrected chi connectivity index (χ2v) is 5.65. The molecule has 0 aromatic heterocycles. The zero-order valence-corrected chi connectivity index (χ0v) is 11.8. The fourth-order valence-electron chi connectivity index (χ4n) is 2.68. The fourth-order valence-corrected chi connectivity index (χ4v) is 2.68. The van der Waals surface area contributed by atoms with E-state index in [1.165, 1.54) is 12.0 Å². The van der Waals surface area contributed by atoms with Crippen molar-refractivity contribution in [2.45, 2.75) is 52.2 Å². The van der Waals surface area contributed by atoms with Gasteiger partial charge in [0.15, 0.2) is 0 Å². The number of nitrogens with one attached hydrogen (secondary N) is 1. The largest absolute Gasteiger partial charge is 0.490 e. The highest BCUT2D eigenvalue weighted by molar-refractivity contribution is 5.37. The van der Waals surface area contributed by atoms with Crippen LogP contribution in [0.5, 0.6) is 5.75 Å². The molecule has 100 valence electrons. The molecule has 2 nitrogen and oxygen atoms in total. The summed E-state index contributed by atoms with van der Waals surface area (Å²) in [5.41, 5.74) is 1.32. The minimum atomic E-state index is 0.356. The lowest BCUT2D eigenvalue weighted by Crippen LogP contribution is -2.34. The van der Waals surface area contributed by atoms with Gasteiger partial charge in [-0.1, -0.05) is 39.0 Å². The van der Waals surface area contributed by atoms with Gasteiger partial charge >= 0.3 is 0 Å². The van der Waals surface area contributed by atoms with Crippen LogP contribution in [0, 0.1) is 5.92 Å². The Kier molecular flexibility index (Phi) is 4.65. The van der Waals surface area contributed by atoms with E-state index < -0.39 is 0 Å². The van der Waals surface area contributed by atoms with Crippen LogP contribution in [-0.2, 0) is 0 Å². The normalized spacial score (nSPS) is 22.7. The predicted octanol–water partition coefficient (Wildman–Crippen LogP) is 3.92. The molecule has 0 radical (unpaired) electrons. The Morgan fingerprint density at radius 2 is 2.11 bits per heavy atom. The molecule has 1 N–H and O–H groups in total. The molecule has 2 unspecified atom stereocenters. The van der Waals surface area contributed by atoms with Crippen molar-refractivity contribution in [1.82, 2.24) is 5.32 Å². The molecule has 18 heavy (non-hydrogen) atoms. The second-order valence-electron chi connectivity index (χ2n) is 5.65. The van der Waals surface area contributed by atoms with Gasteiger partial charge < -0.3 is 10.1 Å². The van der Waals surface area contributed by atoms with Gasteiger partial charge in [0.25, 0.3) is 0 Å². The van der Waals surface area contributed by atoms with Crippen molar-refractivity contribution in [2.24, 2.45) is 5.92 Å². The summed E-state index contributed by atoms with van der Waals surface area (Å²) in [4.78, 5) is 0. The van der Waals surface area contributed by atoms with E-state index in [9.17, 15) is 0 Å². The van der Waals surface area contributed by atoms with Gasteiger partial charge in [-0.3, -0.25) is 0 Å². The Morgan fingerprint density at radius 1 is 1.33 bits per heavy atom.